The van der Waals surface area contributed by atoms with Gasteiger partial charge in [0, 0.05) is 13.6 Å². The van der Waals surface area contributed by atoms with E-state index in [4.69, 9.17) is 16.7 Å². The summed E-state index contributed by atoms with van der Waals surface area (Å²) in [5.74, 6) is -2.60. The topological polar surface area (TPSA) is 91.8 Å². The second kappa shape index (κ2) is 6.23. The maximum absolute atomic E-state index is 12.1. The van der Waals surface area contributed by atoms with Gasteiger partial charge in [-0.3, -0.25) is 4.79 Å². The van der Waals surface area contributed by atoms with E-state index >= 15 is 0 Å². The number of aromatic carboxylic acids is 1. The fourth-order valence-corrected chi connectivity index (χ4v) is 2.88. The molecule has 8 heteroatoms. The van der Waals surface area contributed by atoms with Gasteiger partial charge in [-0.15, -0.1) is 0 Å². The highest BCUT2D eigenvalue weighted by Crippen LogP contribution is 2.21. The van der Waals surface area contributed by atoms with Gasteiger partial charge in [0.2, 0.25) is 5.91 Å². The highest BCUT2D eigenvalue weighted by atomic mass is 35.5. The average Bonchev–Trinajstić information content (AvgIpc) is 2.36. The summed E-state index contributed by atoms with van der Waals surface area (Å²) < 4.78 is 24.1. The Balaban J connectivity index is 3.14. The number of carbonyl (C=O) groups excluding carboxylic acids is 1. The Labute approximate surface area is 121 Å². The Bertz CT molecular complexity index is 641. The average molecular weight is 320 g/mol. The summed E-state index contributed by atoms with van der Waals surface area (Å²) in [6.45, 7) is 2.10. The normalized spacial score (nSPS) is 11.2. The fraction of sp³-hybridized carbons (Fsp3) is 0.333. The highest BCUT2D eigenvalue weighted by molar-refractivity contribution is 7.92. The van der Waals surface area contributed by atoms with Crippen molar-refractivity contribution in [3.05, 3.63) is 28.8 Å². The van der Waals surface area contributed by atoms with Gasteiger partial charge in [0.1, 0.15) is 5.75 Å². The van der Waals surface area contributed by atoms with Crippen LogP contribution in [0.1, 0.15) is 17.3 Å². The van der Waals surface area contributed by atoms with E-state index in [1.807, 2.05) is 0 Å². The van der Waals surface area contributed by atoms with Crippen LogP contribution in [-0.2, 0) is 14.6 Å². The number of halogens is 1. The molecule has 1 N–H and O–H groups in total. The third-order valence-electron chi connectivity index (χ3n) is 2.74. The zero-order chi connectivity index (χ0) is 15.5. The number of amides is 1. The van der Waals surface area contributed by atoms with Crippen LogP contribution in [-0.4, -0.2) is 49.6 Å². The molecule has 6 nitrogen and oxygen atoms in total. The van der Waals surface area contributed by atoms with Crippen molar-refractivity contribution in [2.75, 3.05) is 19.3 Å². The molecule has 0 aromatic heterocycles. The van der Waals surface area contributed by atoms with Crippen LogP contribution in [0.15, 0.2) is 23.1 Å². The molecule has 0 aliphatic heterocycles. The Morgan fingerprint density at radius 1 is 1.35 bits per heavy atom. The van der Waals surface area contributed by atoms with E-state index in [0.29, 0.717) is 6.54 Å². The molecule has 1 rings (SSSR count). The first kappa shape index (κ1) is 16.5. The molecular formula is C12H14ClNO5S. The quantitative estimate of drug-likeness (QED) is 0.883. The van der Waals surface area contributed by atoms with Crippen molar-refractivity contribution in [1.82, 2.24) is 4.90 Å². The minimum absolute atomic E-state index is 0.0616. The van der Waals surface area contributed by atoms with Crippen LogP contribution < -0.4 is 0 Å². The monoisotopic (exact) mass is 319 g/mol. The molecule has 0 saturated carbocycles. The molecule has 0 saturated heterocycles. The van der Waals surface area contributed by atoms with Gasteiger partial charge in [-0.1, -0.05) is 11.6 Å². The number of carboxylic acids is 1. The summed E-state index contributed by atoms with van der Waals surface area (Å²) in [7, 11) is -2.41. The second-order valence-electron chi connectivity index (χ2n) is 4.11. The Morgan fingerprint density at radius 2 is 1.95 bits per heavy atom. The van der Waals surface area contributed by atoms with Gasteiger partial charge >= 0.3 is 5.97 Å². The molecule has 110 valence electrons. The lowest BCUT2D eigenvalue weighted by Crippen LogP contribution is -2.32. The number of nitrogens with zero attached hydrogens (tertiary/aromatic N) is 1. The summed E-state index contributed by atoms with van der Waals surface area (Å²) in [5.41, 5.74) is -0.316. The molecule has 0 aliphatic rings. The van der Waals surface area contributed by atoms with Crippen molar-refractivity contribution >= 4 is 33.3 Å². The van der Waals surface area contributed by atoms with Crippen molar-refractivity contribution in [2.45, 2.75) is 11.8 Å². The van der Waals surface area contributed by atoms with Gasteiger partial charge in [0.15, 0.2) is 9.84 Å². The molecule has 1 aromatic carbocycles. The third-order valence-corrected chi connectivity index (χ3v) is 4.67. The highest BCUT2D eigenvalue weighted by Gasteiger charge is 2.23. The standard InChI is InChI=1S/C12H14ClNO5S/c1-3-14(2)11(15)7-20(18,19)8-4-5-10(13)9(6-8)12(16)17/h4-6H,3,7H2,1-2H3,(H,16,17). The molecule has 0 spiro atoms. The molecule has 0 heterocycles. The van der Waals surface area contributed by atoms with Crippen molar-refractivity contribution in [3.63, 3.8) is 0 Å². The van der Waals surface area contributed by atoms with Crippen LogP contribution in [0.5, 0.6) is 0 Å². The summed E-state index contributed by atoms with van der Waals surface area (Å²) >= 11 is 5.67. The lowest BCUT2D eigenvalue weighted by Gasteiger charge is -2.14. The minimum Gasteiger partial charge on any atom is -0.478 e. The van der Waals surface area contributed by atoms with E-state index in [1.165, 1.54) is 24.1 Å². The van der Waals surface area contributed by atoms with Gasteiger partial charge in [-0.05, 0) is 25.1 Å². The predicted molar refractivity (Wildman–Crippen MR) is 73.8 cm³/mol. The van der Waals surface area contributed by atoms with E-state index < -0.39 is 27.5 Å². The fourth-order valence-electron chi connectivity index (χ4n) is 1.39. The number of hydrogen-bond acceptors (Lipinski definition) is 4. The van der Waals surface area contributed by atoms with E-state index in [-0.39, 0.29) is 15.5 Å². The summed E-state index contributed by atoms with van der Waals surface area (Å²) in [4.78, 5) is 23.6. The number of benzene rings is 1. The molecule has 0 unspecified atom stereocenters. The minimum atomic E-state index is -3.90. The lowest BCUT2D eigenvalue weighted by atomic mass is 10.2. The molecule has 0 fully saturated rings. The van der Waals surface area contributed by atoms with Crippen molar-refractivity contribution in [3.8, 4) is 0 Å². The summed E-state index contributed by atoms with van der Waals surface area (Å²) in [5, 5.41) is 8.85. The smallest absolute Gasteiger partial charge is 0.337 e. The molecule has 0 bridgehead atoms. The zero-order valence-electron chi connectivity index (χ0n) is 11.0. The first-order valence-corrected chi connectivity index (χ1v) is 7.71. The number of hydrogen-bond donors (Lipinski definition) is 1. The van der Waals surface area contributed by atoms with Crippen LogP contribution in [0.25, 0.3) is 0 Å². The van der Waals surface area contributed by atoms with Gasteiger partial charge in [-0.2, -0.15) is 0 Å². The maximum atomic E-state index is 12.1. The Kier molecular flexibility index (Phi) is 5.13. The molecule has 0 aliphatic carbocycles. The molecule has 0 radical (unpaired) electrons. The number of carbonyl (C=O) groups is 2. The van der Waals surface area contributed by atoms with Gasteiger partial charge in [0.25, 0.3) is 0 Å². The summed E-state index contributed by atoms with van der Waals surface area (Å²) in [6, 6.07) is 3.33. The first-order valence-electron chi connectivity index (χ1n) is 5.68. The molecular weight excluding hydrogens is 306 g/mol. The van der Waals surface area contributed by atoms with E-state index in [1.54, 1.807) is 6.92 Å². The SMILES string of the molecule is CCN(C)C(=O)CS(=O)(=O)c1ccc(Cl)c(C(=O)O)c1. The van der Waals surface area contributed by atoms with Crippen LogP contribution >= 0.6 is 11.6 Å². The van der Waals surface area contributed by atoms with Crippen molar-refractivity contribution in [1.29, 1.82) is 0 Å². The molecule has 1 amide bonds. The van der Waals surface area contributed by atoms with Crippen LogP contribution in [0.3, 0.4) is 0 Å². The lowest BCUT2D eigenvalue weighted by molar-refractivity contribution is -0.126. The molecule has 20 heavy (non-hydrogen) atoms. The van der Waals surface area contributed by atoms with Gasteiger partial charge < -0.3 is 10.0 Å². The van der Waals surface area contributed by atoms with Crippen molar-refractivity contribution < 1.29 is 23.1 Å². The second-order valence-corrected chi connectivity index (χ2v) is 6.51. The van der Waals surface area contributed by atoms with E-state index in [2.05, 4.69) is 0 Å². The zero-order valence-corrected chi connectivity index (χ0v) is 12.5. The van der Waals surface area contributed by atoms with Gasteiger partial charge in [0.05, 0.1) is 15.5 Å². The largest absolute Gasteiger partial charge is 0.478 e. The third kappa shape index (κ3) is 3.71. The van der Waals surface area contributed by atoms with Crippen molar-refractivity contribution in [2.24, 2.45) is 0 Å². The Morgan fingerprint density at radius 3 is 2.45 bits per heavy atom. The van der Waals surface area contributed by atoms with E-state index in [0.717, 1.165) is 6.07 Å². The molecule has 0 atom stereocenters. The van der Waals surface area contributed by atoms with Gasteiger partial charge in [-0.25, -0.2) is 13.2 Å². The summed E-state index contributed by atoms with van der Waals surface area (Å²) in [6.07, 6.45) is 0. The maximum Gasteiger partial charge on any atom is 0.337 e. The predicted octanol–water partition coefficient (Wildman–Crippen LogP) is 1.29. The van der Waals surface area contributed by atoms with Crippen LogP contribution in [0, 0.1) is 0 Å². The number of sulfone groups is 1. The van der Waals surface area contributed by atoms with Crippen LogP contribution in [0.4, 0.5) is 0 Å². The number of rotatable bonds is 5. The van der Waals surface area contributed by atoms with Crippen LogP contribution in [0.2, 0.25) is 5.02 Å². The van der Waals surface area contributed by atoms with E-state index in [9.17, 15) is 18.0 Å². The molecule has 1 aromatic rings. The number of carboxylic acid groups (broad SMARTS) is 1. The Hall–Kier alpha value is -1.60. The first-order chi connectivity index (χ1) is 9.19.